The van der Waals surface area contributed by atoms with Gasteiger partial charge in [-0.05, 0) is 50.9 Å². The zero-order chi connectivity index (χ0) is 13.2. The predicted molar refractivity (Wildman–Crippen MR) is 77.3 cm³/mol. The van der Waals surface area contributed by atoms with E-state index in [0.717, 1.165) is 19.3 Å². The molecule has 0 saturated heterocycles. The van der Waals surface area contributed by atoms with E-state index in [1.54, 1.807) is 5.57 Å². The zero-order valence-electron chi connectivity index (χ0n) is 11.6. The van der Waals surface area contributed by atoms with Crippen LogP contribution in [0.25, 0.3) is 0 Å². The summed E-state index contributed by atoms with van der Waals surface area (Å²) in [6.45, 7) is 9.95. The quantitative estimate of drug-likeness (QED) is 0.713. The first-order valence-corrected chi connectivity index (χ1v) is 7.19. The highest BCUT2D eigenvalue weighted by atomic mass is 16.3. The molecule has 100 valence electrons. The molecular formula is C17H26O. The van der Waals surface area contributed by atoms with E-state index in [4.69, 9.17) is 0 Å². The van der Waals surface area contributed by atoms with Crippen LogP contribution in [0.1, 0.15) is 51.9 Å². The Kier molecular flexibility index (Phi) is 3.82. The maximum Gasteiger partial charge on any atom is 0.0775 e. The van der Waals surface area contributed by atoms with Crippen molar-refractivity contribution in [2.75, 3.05) is 0 Å². The average Bonchev–Trinajstić information content (AvgIpc) is 2.28. The number of aliphatic hydroxyl groups is 1. The largest absolute Gasteiger partial charge is 0.389 e. The molecule has 0 aromatic rings. The summed E-state index contributed by atoms with van der Waals surface area (Å²) < 4.78 is 0. The Morgan fingerprint density at radius 1 is 1.44 bits per heavy atom. The van der Waals surface area contributed by atoms with Gasteiger partial charge in [-0.2, -0.15) is 0 Å². The maximum absolute atomic E-state index is 11.2. The number of rotatable bonds is 5. The normalized spacial score (nSPS) is 31.7. The summed E-state index contributed by atoms with van der Waals surface area (Å²) >= 11 is 0. The minimum Gasteiger partial charge on any atom is -0.389 e. The molecule has 2 rings (SSSR count). The monoisotopic (exact) mass is 246 g/mol. The van der Waals surface area contributed by atoms with Gasteiger partial charge >= 0.3 is 0 Å². The third-order valence-corrected chi connectivity index (χ3v) is 4.90. The molecule has 2 bridgehead atoms. The molecule has 0 spiro atoms. The van der Waals surface area contributed by atoms with Crippen LogP contribution in [-0.4, -0.2) is 10.7 Å². The molecule has 0 aliphatic heterocycles. The van der Waals surface area contributed by atoms with Crippen LogP contribution in [-0.2, 0) is 0 Å². The van der Waals surface area contributed by atoms with E-state index in [-0.39, 0.29) is 5.41 Å². The highest BCUT2D eigenvalue weighted by Gasteiger charge is 2.51. The van der Waals surface area contributed by atoms with Gasteiger partial charge in [0.15, 0.2) is 0 Å². The van der Waals surface area contributed by atoms with Crippen LogP contribution in [0.15, 0.2) is 37.0 Å². The number of hydrogen-bond donors (Lipinski definition) is 1. The number of allylic oxidation sites excluding steroid dienone is 2. The van der Waals surface area contributed by atoms with Crippen molar-refractivity contribution < 1.29 is 5.11 Å². The van der Waals surface area contributed by atoms with Crippen molar-refractivity contribution in [2.45, 2.75) is 57.5 Å². The summed E-state index contributed by atoms with van der Waals surface area (Å²) in [6, 6.07) is 0. The van der Waals surface area contributed by atoms with E-state index >= 15 is 0 Å². The average molecular weight is 246 g/mol. The lowest BCUT2D eigenvalue weighted by molar-refractivity contribution is -0.105. The summed E-state index contributed by atoms with van der Waals surface area (Å²) in [4.78, 5) is 0. The zero-order valence-corrected chi connectivity index (χ0v) is 11.6. The fraction of sp³-hybridized carbons (Fsp3) is 0.647. The molecule has 1 heteroatoms. The molecule has 0 radical (unpaired) electrons. The van der Waals surface area contributed by atoms with Crippen LogP contribution in [0, 0.1) is 11.3 Å². The molecule has 2 aliphatic rings. The first-order chi connectivity index (χ1) is 8.55. The molecular weight excluding hydrogens is 220 g/mol. The summed E-state index contributed by atoms with van der Waals surface area (Å²) in [5.74, 6) is 0.593. The molecule has 2 unspecified atom stereocenters. The van der Waals surface area contributed by atoms with E-state index in [1.165, 1.54) is 12.8 Å². The van der Waals surface area contributed by atoms with Gasteiger partial charge in [0, 0.05) is 5.41 Å². The van der Waals surface area contributed by atoms with Crippen LogP contribution in [0.3, 0.4) is 0 Å². The third-order valence-electron chi connectivity index (χ3n) is 4.90. The molecule has 1 N–H and O–H groups in total. The minimum absolute atomic E-state index is 0.0527. The van der Waals surface area contributed by atoms with Gasteiger partial charge in [0.25, 0.3) is 0 Å². The maximum atomic E-state index is 11.2. The fourth-order valence-electron chi connectivity index (χ4n) is 4.24. The van der Waals surface area contributed by atoms with Gasteiger partial charge in [-0.25, -0.2) is 0 Å². The second kappa shape index (κ2) is 5.05. The second-order valence-corrected chi connectivity index (χ2v) is 6.33. The standard InChI is InChI=1S/C17H26O/c1-4-8-17(18,9-5-2)16-10-6-7-15(13-16)11-14(3)12-16/h4-5,11,14,18H,1-2,6-10,12-13H2,3H3. The molecule has 18 heavy (non-hydrogen) atoms. The van der Waals surface area contributed by atoms with E-state index in [2.05, 4.69) is 26.2 Å². The predicted octanol–water partition coefficient (Wildman–Crippen LogP) is 4.40. The van der Waals surface area contributed by atoms with Gasteiger partial charge in [0.05, 0.1) is 5.60 Å². The minimum atomic E-state index is -0.648. The molecule has 2 atom stereocenters. The molecule has 0 heterocycles. The van der Waals surface area contributed by atoms with Crippen molar-refractivity contribution in [3.8, 4) is 0 Å². The summed E-state index contributed by atoms with van der Waals surface area (Å²) in [5, 5.41) is 11.2. The lowest BCUT2D eigenvalue weighted by Crippen LogP contribution is -2.51. The number of hydrogen-bond acceptors (Lipinski definition) is 1. The van der Waals surface area contributed by atoms with Crippen LogP contribution < -0.4 is 0 Å². The van der Waals surface area contributed by atoms with E-state index in [9.17, 15) is 5.11 Å². The van der Waals surface area contributed by atoms with Crippen LogP contribution >= 0.6 is 0 Å². The first kappa shape index (κ1) is 13.6. The van der Waals surface area contributed by atoms with Gasteiger partial charge in [0.1, 0.15) is 0 Å². The highest BCUT2D eigenvalue weighted by molar-refractivity contribution is 5.21. The Hall–Kier alpha value is -0.820. The van der Waals surface area contributed by atoms with Gasteiger partial charge < -0.3 is 5.11 Å². The van der Waals surface area contributed by atoms with Crippen molar-refractivity contribution in [3.05, 3.63) is 37.0 Å². The lowest BCUT2D eigenvalue weighted by Gasteiger charge is -2.53. The summed E-state index contributed by atoms with van der Waals surface area (Å²) in [6.07, 6.45) is 13.3. The van der Waals surface area contributed by atoms with Crippen LogP contribution in [0.2, 0.25) is 0 Å². The highest BCUT2D eigenvalue weighted by Crippen LogP contribution is 2.56. The van der Waals surface area contributed by atoms with Crippen molar-refractivity contribution in [1.82, 2.24) is 0 Å². The fourth-order valence-corrected chi connectivity index (χ4v) is 4.24. The topological polar surface area (TPSA) is 20.2 Å². The summed E-state index contributed by atoms with van der Waals surface area (Å²) in [5.41, 5.74) is 0.966. The molecule has 0 aromatic carbocycles. The van der Waals surface area contributed by atoms with E-state index < -0.39 is 5.60 Å². The molecule has 2 aliphatic carbocycles. The number of fused-ring (bicyclic) bond motifs is 2. The molecule has 1 fully saturated rings. The van der Waals surface area contributed by atoms with Crippen LogP contribution in [0.5, 0.6) is 0 Å². The van der Waals surface area contributed by atoms with Crippen molar-refractivity contribution in [2.24, 2.45) is 11.3 Å². The van der Waals surface area contributed by atoms with Crippen LogP contribution in [0.4, 0.5) is 0 Å². The Morgan fingerprint density at radius 3 is 2.72 bits per heavy atom. The Balaban J connectivity index is 2.35. The van der Waals surface area contributed by atoms with Crippen molar-refractivity contribution in [1.29, 1.82) is 0 Å². The van der Waals surface area contributed by atoms with Gasteiger partial charge in [0.2, 0.25) is 0 Å². The van der Waals surface area contributed by atoms with E-state index in [0.29, 0.717) is 18.8 Å². The Morgan fingerprint density at radius 2 is 2.11 bits per heavy atom. The molecule has 1 saturated carbocycles. The summed E-state index contributed by atoms with van der Waals surface area (Å²) in [7, 11) is 0. The Labute approximate surface area is 111 Å². The van der Waals surface area contributed by atoms with Crippen molar-refractivity contribution in [3.63, 3.8) is 0 Å². The first-order valence-electron chi connectivity index (χ1n) is 7.19. The molecule has 1 nitrogen and oxygen atoms in total. The molecule has 0 amide bonds. The third kappa shape index (κ3) is 2.21. The van der Waals surface area contributed by atoms with E-state index in [1.807, 2.05) is 12.2 Å². The van der Waals surface area contributed by atoms with Gasteiger partial charge in [-0.15, -0.1) is 13.2 Å². The van der Waals surface area contributed by atoms with Gasteiger partial charge in [-0.3, -0.25) is 0 Å². The van der Waals surface area contributed by atoms with Crippen molar-refractivity contribution >= 4 is 0 Å². The molecule has 0 aromatic heterocycles. The van der Waals surface area contributed by atoms with Gasteiger partial charge in [-0.1, -0.05) is 30.7 Å². The smallest absolute Gasteiger partial charge is 0.0775 e. The second-order valence-electron chi connectivity index (χ2n) is 6.33. The lowest BCUT2D eigenvalue weighted by atomic mass is 9.54. The SMILES string of the molecule is C=CCC(O)(CC=C)C12CCCC(=CC(C)C1)C2. The Bertz CT molecular complexity index is 356.